The zero-order chi connectivity index (χ0) is 29.4. The van der Waals surface area contributed by atoms with Crippen LogP contribution in [-0.4, -0.2) is 76.7 Å². The van der Waals surface area contributed by atoms with Crippen molar-refractivity contribution in [2.45, 2.75) is 65.4 Å². The Kier molecular flexibility index (Phi) is 9.39. The van der Waals surface area contributed by atoms with Crippen molar-refractivity contribution in [3.8, 4) is 34.0 Å². The summed E-state index contributed by atoms with van der Waals surface area (Å²) in [4.78, 5) is 33.3. The molecule has 215 valence electrons. The molecule has 1 aliphatic rings. The largest absolute Gasteiger partial charge is 0.487 e. The molecule has 0 atom stereocenters. The second-order valence-electron chi connectivity index (χ2n) is 11.5. The summed E-state index contributed by atoms with van der Waals surface area (Å²) in [5.41, 5.74) is 6.88. The number of H-pyrrole nitrogens is 1. The SMILES string of the molecule is CCCCc1nc(C)n(-c2ccc3c(c2)CC(C)(C)O3)c(=O)c1Cc1ccc(-c2ccccc2-c2noc(=O)[nH]2)cc1.[K]. The van der Waals surface area contributed by atoms with E-state index in [9.17, 15) is 9.59 Å². The van der Waals surface area contributed by atoms with Crippen LogP contribution in [0.25, 0.3) is 28.2 Å². The number of unbranched alkanes of at least 4 members (excludes halogenated alkanes) is 1. The normalized spacial score (nSPS) is 13.3. The molecule has 3 heterocycles. The van der Waals surface area contributed by atoms with Gasteiger partial charge in [0.2, 0.25) is 0 Å². The van der Waals surface area contributed by atoms with Gasteiger partial charge in [-0.25, -0.2) is 9.78 Å². The molecule has 0 saturated carbocycles. The monoisotopic (exact) mass is 601 g/mol. The van der Waals surface area contributed by atoms with Crippen LogP contribution in [0, 0.1) is 6.92 Å². The van der Waals surface area contributed by atoms with E-state index in [4.69, 9.17) is 14.2 Å². The van der Waals surface area contributed by atoms with Crippen molar-refractivity contribution in [2.24, 2.45) is 0 Å². The molecule has 0 amide bonds. The van der Waals surface area contributed by atoms with Crippen molar-refractivity contribution in [3.63, 3.8) is 0 Å². The van der Waals surface area contributed by atoms with Crippen LogP contribution in [0.5, 0.6) is 5.75 Å². The second kappa shape index (κ2) is 12.9. The Hall–Kier alpha value is -3.08. The van der Waals surface area contributed by atoms with Gasteiger partial charge in [-0.1, -0.05) is 67.0 Å². The van der Waals surface area contributed by atoms with Gasteiger partial charge in [0.1, 0.15) is 17.2 Å². The van der Waals surface area contributed by atoms with E-state index < -0.39 is 5.76 Å². The first-order valence-electron chi connectivity index (χ1n) is 14.4. The number of nitrogens with zero attached hydrogens (tertiary/aromatic N) is 3. The van der Waals surface area contributed by atoms with Crippen LogP contribution < -0.4 is 16.1 Å². The molecule has 0 bridgehead atoms. The van der Waals surface area contributed by atoms with Crippen LogP contribution >= 0.6 is 0 Å². The maximum absolute atomic E-state index is 14.1. The van der Waals surface area contributed by atoms with Crippen LogP contribution in [0.4, 0.5) is 0 Å². The van der Waals surface area contributed by atoms with E-state index in [-0.39, 0.29) is 62.5 Å². The van der Waals surface area contributed by atoms with Crippen LogP contribution in [0.1, 0.15) is 61.8 Å². The van der Waals surface area contributed by atoms with Gasteiger partial charge in [0.05, 0.1) is 11.4 Å². The number of aromatic nitrogens is 4. The molecule has 6 rings (SSSR count). The summed E-state index contributed by atoms with van der Waals surface area (Å²) in [7, 11) is 0. The summed E-state index contributed by atoms with van der Waals surface area (Å²) >= 11 is 0. The fourth-order valence-corrected chi connectivity index (χ4v) is 5.78. The zero-order valence-corrected chi connectivity index (χ0v) is 28.5. The standard InChI is InChI=1S/C34H34N4O4.K/c1-5-6-11-29-28(32(39)38(21(2)35-29)25-16-17-30-24(19-25)20-34(3,4)41-30)18-22-12-14-23(15-13-22)26-9-7-8-10-27(26)31-36-33(40)42-37-31;/h7-10,12-17,19H,5-6,11,18,20H2,1-4H3,(H,36,37,40);. The molecule has 0 fully saturated rings. The van der Waals surface area contributed by atoms with E-state index in [1.165, 1.54) is 0 Å². The first-order chi connectivity index (χ1) is 20.2. The summed E-state index contributed by atoms with van der Waals surface area (Å²) in [6, 6.07) is 21.8. The second-order valence-corrected chi connectivity index (χ2v) is 11.5. The molecular weight excluding hydrogens is 567 g/mol. The molecule has 3 aromatic carbocycles. The zero-order valence-electron chi connectivity index (χ0n) is 25.4. The fraction of sp³-hybridized carbons (Fsp3) is 0.294. The fourth-order valence-electron chi connectivity index (χ4n) is 5.78. The van der Waals surface area contributed by atoms with E-state index in [0.29, 0.717) is 18.1 Å². The third kappa shape index (κ3) is 6.56. The Bertz CT molecular complexity index is 1890. The molecule has 43 heavy (non-hydrogen) atoms. The smallest absolute Gasteiger partial charge is 0.439 e. The molecule has 1 aliphatic heterocycles. The maximum atomic E-state index is 14.1. The van der Waals surface area contributed by atoms with Gasteiger partial charge in [-0.05, 0) is 68.5 Å². The quantitative estimate of drug-likeness (QED) is 0.225. The van der Waals surface area contributed by atoms with Gasteiger partial charge in [-0.3, -0.25) is 18.9 Å². The van der Waals surface area contributed by atoms with Crippen LogP contribution in [0.15, 0.2) is 80.8 Å². The Morgan fingerprint density at radius 1 is 1.00 bits per heavy atom. The number of fused-ring (bicyclic) bond motifs is 1. The summed E-state index contributed by atoms with van der Waals surface area (Å²) in [5, 5.41) is 3.86. The average molecular weight is 602 g/mol. The number of nitrogens with one attached hydrogen (secondary N) is 1. The molecule has 0 aliphatic carbocycles. The minimum atomic E-state index is -0.594. The molecule has 1 radical (unpaired) electrons. The first-order valence-corrected chi connectivity index (χ1v) is 14.4. The van der Waals surface area contributed by atoms with E-state index in [1.54, 1.807) is 4.57 Å². The van der Waals surface area contributed by atoms with Gasteiger partial charge in [0, 0.05) is 80.9 Å². The number of aromatic amines is 1. The van der Waals surface area contributed by atoms with Gasteiger partial charge in [-0.2, -0.15) is 0 Å². The third-order valence-electron chi connectivity index (χ3n) is 7.77. The van der Waals surface area contributed by atoms with E-state index >= 15 is 0 Å². The van der Waals surface area contributed by atoms with Crippen molar-refractivity contribution in [2.75, 3.05) is 0 Å². The number of hydrogen-bond acceptors (Lipinski definition) is 6. The first kappa shape index (κ1) is 31.3. The van der Waals surface area contributed by atoms with Crippen molar-refractivity contribution >= 4 is 51.4 Å². The summed E-state index contributed by atoms with van der Waals surface area (Å²) in [6.45, 7) is 8.20. The predicted octanol–water partition coefficient (Wildman–Crippen LogP) is 5.82. The van der Waals surface area contributed by atoms with E-state index in [1.807, 2.05) is 67.6 Å². The van der Waals surface area contributed by atoms with E-state index in [0.717, 1.165) is 76.2 Å². The molecule has 0 unspecified atom stereocenters. The third-order valence-corrected chi connectivity index (χ3v) is 7.77. The molecule has 1 N–H and O–H groups in total. The van der Waals surface area contributed by atoms with Crippen molar-refractivity contribution in [1.29, 1.82) is 0 Å². The van der Waals surface area contributed by atoms with Gasteiger partial charge in [0.15, 0.2) is 5.82 Å². The van der Waals surface area contributed by atoms with Gasteiger partial charge < -0.3 is 4.74 Å². The Balaban J connectivity index is 0.00000368. The van der Waals surface area contributed by atoms with Crippen LogP contribution in [0.3, 0.4) is 0 Å². The predicted molar refractivity (Wildman–Crippen MR) is 168 cm³/mol. The minimum Gasteiger partial charge on any atom is -0.487 e. The molecule has 8 nitrogen and oxygen atoms in total. The molecule has 5 aromatic rings. The molecule has 0 saturated heterocycles. The molecule has 0 spiro atoms. The van der Waals surface area contributed by atoms with Gasteiger partial charge in [-0.15, -0.1) is 0 Å². The summed E-state index contributed by atoms with van der Waals surface area (Å²) in [5.74, 6) is 1.35. The molecule has 2 aromatic heterocycles. The van der Waals surface area contributed by atoms with Gasteiger partial charge >= 0.3 is 5.76 Å². The van der Waals surface area contributed by atoms with Crippen molar-refractivity contribution in [3.05, 3.63) is 116 Å². The molecular formula is C34H34KN4O4. The molecule has 9 heteroatoms. The van der Waals surface area contributed by atoms with Gasteiger partial charge in [0.25, 0.3) is 5.56 Å². The Morgan fingerprint density at radius 3 is 2.44 bits per heavy atom. The van der Waals surface area contributed by atoms with E-state index in [2.05, 4.69) is 37.0 Å². The number of ether oxygens (including phenoxy) is 1. The number of rotatable bonds is 8. The van der Waals surface area contributed by atoms with Crippen LogP contribution in [-0.2, 0) is 19.3 Å². The van der Waals surface area contributed by atoms with Crippen molar-refractivity contribution in [1.82, 2.24) is 19.7 Å². The van der Waals surface area contributed by atoms with Crippen molar-refractivity contribution < 1.29 is 9.26 Å². The maximum Gasteiger partial charge on any atom is 0.439 e. The number of benzene rings is 3. The summed E-state index contributed by atoms with van der Waals surface area (Å²) in [6.07, 6.45) is 4.02. The topological polar surface area (TPSA) is 103 Å². The Labute approximate surface area is 292 Å². The number of aryl methyl sites for hydroxylation is 2. The summed E-state index contributed by atoms with van der Waals surface area (Å²) < 4.78 is 12.5. The minimum absolute atomic E-state index is 0. The average Bonchev–Trinajstić information content (AvgIpc) is 3.54. The number of hydrogen-bond donors (Lipinski definition) is 1. The Morgan fingerprint density at radius 2 is 1.74 bits per heavy atom. The van der Waals surface area contributed by atoms with Crippen LogP contribution in [0.2, 0.25) is 0 Å².